The van der Waals surface area contributed by atoms with Crippen molar-refractivity contribution in [1.29, 1.82) is 0 Å². The lowest BCUT2D eigenvalue weighted by molar-refractivity contribution is 0.564. The number of nitrogens with zero attached hydrogens (tertiary/aromatic N) is 1. The molecule has 0 radical (unpaired) electrons. The van der Waals surface area contributed by atoms with E-state index in [0.29, 0.717) is 11.6 Å². The number of hydrogen-bond acceptors (Lipinski definition) is 3. The van der Waals surface area contributed by atoms with Gasteiger partial charge in [-0.15, -0.1) is 0 Å². The first-order valence-corrected chi connectivity index (χ1v) is 6.42. The van der Waals surface area contributed by atoms with Gasteiger partial charge < -0.3 is 9.73 Å². The van der Waals surface area contributed by atoms with Gasteiger partial charge in [0.1, 0.15) is 0 Å². The molecule has 2 aromatic heterocycles. The second-order valence-corrected chi connectivity index (χ2v) is 4.84. The fraction of sp³-hybridized carbons (Fsp3) is 0.133. The molecule has 0 saturated carbocycles. The number of anilines is 1. The molecule has 3 aromatic rings. The van der Waals surface area contributed by atoms with E-state index in [1.165, 1.54) is 0 Å². The van der Waals surface area contributed by atoms with Crippen molar-refractivity contribution >= 4 is 28.2 Å². The van der Waals surface area contributed by atoms with Crippen LogP contribution in [0.4, 0.5) is 5.69 Å². The van der Waals surface area contributed by atoms with Crippen LogP contribution in [0.5, 0.6) is 0 Å². The van der Waals surface area contributed by atoms with Crippen LogP contribution in [0.1, 0.15) is 11.1 Å². The molecule has 1 aromatic carbocycles. The number of aryl methyl sites for hydroxylation is 1. The summed E-state index contributed by atoms with van der Waals surface area (Å²) in [6.07, 6.45) is 5.17. The summed E-state index contributed by atoms with van der Waals surface area (Å²) in [5.74, 6) is 0. The first kappa shape index (κ1) is 12.1. The lowest BCUT2D eigenvalue weighted by atomic mass is 10.1. The van der Waals surface area contributed by atoms with Gasteiger partial charge in [-0.1, -0.05) is 11.6 Å². The average Bonchev–Trinajstić information content (AvgIpc) is 2.92. The molecule has 0 aliphatic heterocycles. The van der Waals surface area contributed by atoms with Crippen LogP contribution in [0.25, 0.3) is 10.9 Å². The van der Waals surface area contributed by atoms with Gasteiger partial charge >= 0.3 is 0 Å². The maximum Gasteiger partial charge on any atom is 0.0952 e. The number of hydrogen-bond donors (Lipinski definition) is 1. The number of rotatable bonds is 3. The number of nitrogens with one attached hydrogen (secondary N) is 1. The minimum absolute atomic E-state index is 0.670. The molecule has 3 rings (SSSR count). The normalized spacial score (nSPS) is 10.8. The van der Waals surface area contributed by atoms with Gasteiger partial charge in [0, 0.05) is 23.7 Å². The van der Waals surface area contributed by atoms with Gasteiger partial charge in [0.25, 0.3) is 0 Å². The summed E-state index contributed by atoms with van der Waals surface area (Å²) in [5, 5.41) is 5.10. The Hall–Kier alpha value is -2.00. The topological polar surface area (TPSA) is 38.1 Å². The van der Waals surface area contributed by atoms with Crippen LogP contribution < -0.4 is 5.32 Å². The van der Waals surface area contributed by atoms with E-state index >= 15 is 0 Å². The summed E-state index contributed by atoms with van der Waals surface area (Å²) < 4.78 is 5.05. The zero-order valence-electron chi connectivity index (χ0n) is 10.5. The van der Waals surface area contributed by atoms with Crippen molar-refractivity contribution in [2.75, 3.05) is 5.32 Å². The molecule has 1 N–H and O–H groups in total. The van der Waals surface area contributed by atoms with Gasteiger partial charge in [-0.25, -0.2) is 0 Å². The van der Waals surface area contributed by atoms with Crippen LogP contribution in [0.2, 0.25) is 5.02 Å². The highest BCUT2D eigenvalue weighted by Gasteiger charge is 2.09. The lowest BCUT2D eigenvalue weighted by Gasteiger charge is -2.12. The van der Waals surface area contributed by atoms with Crippen LogP contribution in [-0.2, 0) is 6.54 Å². The molecular weight excluding hydrogens is 260 g/mol. The SMILES string of the molecule is Cc1cc(Cl)c(NCc2ccoc2)c2cccnc12. The highest BCUT2D eigenvalue weighted by atomic mass is 35.5. The third-order valence-corrected chi connectivity index (χ3v) is 3.38. The molecule has 0 fully saturated rings. The summed E-state index contributed by atoms with van der Waals surface area (Å²) in [6, 6.07) is 7.81. The number of halogens is 1. The predicted molar refractivity (Wildman–Crippen MR) is 77.5 cm³/mol. The van der Waals surface area contributed by atoms with E-state index in [-0.39, 0.29) is 0 Å². The molecule has 3 nitrogen and oxygen atoms in total. The van der Waals surface area contributed by atoms with E-state index in [4.69, 9.17) is 16.0 Å². The Balaban J connectivity index is 2.02. The average molecular weight is 273 g/mol. The molecule has 0 atom stereocenters. The molecule has 19 heavy (non-hydrogen) atoms. The summed E-state index contributed by atoms with van der Waals surface area (Å²) in [7, 11) is 0. The fourth-order valence-electron chi connectivity index (χ4n) is 2.14. The molecule has 0 amide bonds. The van der Waals surface area contributed by atoms with E-state index in [1.54, 1.807) is 18.7 Å². The number of pyridine rings is 1. The molecule has 0 unspecified atom stereocenters. The summed E-state index contributed by atoms with van der Waals surface area (Å²) in [6.45, 7) is 2.68. The van der Waals surface area contributed by atoms with Crippen molar-refractivity contribution in [1.82, 2.24) is 4.98 Å². The van der Waals surface area contributed by atoms with Crippen LogP contribution >= 0.6 is 11.6 Å². The molecule has 0 aliphatic carbocycles. The van der Waals surface area contributed by atoms with Gasteiger partial charge in [-0.3, -0.25) is 4.98 Å². The summed E-state index contributed by atoms with van der Waals surface area (Å²) in [5.41, 5.74) is 4.04. The van der Waals surface area contributed by atoms with Crippen molar-refractivity contribution in [3.05, 3.63) is 59.1 Å². The van der Waals surface area contributed by atoms with Gasteiger partial charge in [0.05, 0.1) is 28.8 Å². The Morgan fingerprint density at radius 2 is 2.26 bits per heavy atom. The number of fused-ring (bicyclic) bond motifs is 1. The van der Waals surface area contributed by atoms with Crippen LogP contribution in [0.15, 0.2) is 47.4 Å². The molecule has 0 spiro atoms. The van der Waals surface area contributed by atoms with Crippen molar-refractivity contribution in [3.63, 3.8) is 0 Å². The smallest absolute Gasteiger partial charge is 0.0952 e. The number of aromatic nitrogens is 1. The minimum Gasteiger partial charge on any atom is -0.472 e. The van der Waals surface area contributed by atoms with Gasteiger partial charge in [0.15, 0.2) is 0 Å². The zero-order valence-corrected chi connectivity index (χ0v) is 11.2. The number of benzene rings is 1. The van der Waals surface area contributed by atoms with Crippen LogP contribution in [0, 0.1) is 6.92 Å². The largest absolute Gasteiger partial charge is 0.472 e. The third-order valence-electron chi connectivity index (χ3n) is 3.08. The van der Waals surface area contributed by atoms with Gasteiger partial charge in [-0.05, 0) is 36.8 Å². The Morgan fingerprint density at radius 1 is 1.37 bits per heavy atom. The highest BCUT2D eigenvalue weighted by Crippen LogP contribution is 2.32. The Labute approximate surface area is 116 Å². The Morgan fingerprint density at radius 3 is 3.05 bits per heavy atom. The van der Waals surface area contributed by atoms with Gasteiger partial charge in [-0.2, -0.15) is 0 Å². The summed E-state index contributed by atoms with van der Waals surface area (Å²) in [4.78, 5) is 4.41. The molecule has 0 aliphatic rings. The second-order valence-electron chi connectivity index (χ2n) is 4.44. The second kappa shape index (κ2) is 4.94. The maximum atomic E-state index is 6.33. The first-order chi connectivity index (χ1) is 9.25. The fourth-order valence-corrected chi connectivity index (χ4v) is 2.48. The molecule has 2 heterocycles. The number of furan rings is 1. The van der Waals surface area contributed by atoms with E-state index in [2.05, 4.69) is 10.3 Å². The quantitative estimate of drug-likeness (QED) is 0.768. The van der Waals surface area contributed by atoms with Crippen molar-refractivity contribution in [3.8, 4) is 0 Å². The maximum absolute atomic E-state index is 6.33. The predicted octanol–water partition coefficient (Wildman–Crippen LogP) is 4.40. The van der Waals surface area contributed by atoms with Crippen molar-refractivity contribution in [2.45, 2.75) is 13.5 Å². The van der Waals surface area contributed by atoms with Crippen LogP contribution in [0.3, 0.4) is 0 Å². The molecular formula is C15H13ClN2O. The molecule has 96 valence electrons. The Kier molecular flexibility index (Phi) is 3.13. The van der Waals surface area contributed by atoms with E-state index in [9.17, 15) is 0 Å². The van der Waals surface area contributed by atoms with Crippen LogP contribution in [-0.4, -0.2) is 4.98 Å². The van der Waals surface area contributed by atoms with Gasteiger partial charge in [0.2, 0.25) is 0 Å². The van der Waals surface area contributed by atoms with Crippen molar-refractivity contribution < 1.29 is 4.42 Å². The highest BCUT2D eigenvalue weighted by molar-refractivity contribution is 6.35. The first-order valence-electron chi connectivity index (χ1n) is 6.04. The Bertz CT molecular complexity index is 707. The molecule has 0 saturated heterocycles. The molecule has 4 heteroatoms. The van der Waals surface area contributed by atoms with E-state index in [0.717, 1.165) is 27.7 Å². The monoisotopic (exact) mass is 272 g/mol. The standard InChI is InChI=1S/C15H13ClN2O/c1-10-7-13(16)15(12-3-2-5-17-14(10)12)18-8-11-4-6-19-9-11/h2-7,9,18H,8H2,1H3. The zero-order chi connectivity index (χ0) is 13.2. The van der Waals surface area contributed by atoms with E-state index in [1.807, 2.05) is 31.2 Å². The third kappa shape index (κ3) is 2.29. The van der Waals surface area contributed by atoms with E-state index < -0.39 is 0 Å². The summed E-state index contributed by atoms with van der Waals surface area (Å²) >= 11 is 6.33. The molecule has 0 bridgehead atoms. The minimum atomic E-state index is 0.670. The van der Waals surface area contributed by atoms with Crippen molar-refractivity contribution in [2.24, 2.45) is 0 Å². The lowest BCUT2D eigenvalue weighted by Crippen LogP contribution is -2.00.